The third kappa shape index (κ3) is 3.95. The zero-order valence-corrected chi connectivity index (χ0v) is 12.6. The highest BCUT2D eigenvalue weighted by atomic mass is 16.5. The van der Waals surface area contributed by atoms with Gasteiger partial charge in [-0.05, 0) is 54.0 Å². The van der Waals surface area contributed by atoms with Crippen molar-refractivity contribution in [2.45, 2.75) is 70.6 Å². The zero-order valence-electron chi connectivity index (χ0n) is 12.6. The first-order chi connectivity index (χ1) is 8.30. The van der Waals surface area contributed by atoms with E-state index in [1.54, 1.807) is 0 Å². The summed E-state index contributed by atoms with van der Waals surface area (Å²) in [4.78, 5) is 14.4. The second-order valence-electron chi connectivity index (χ2n) is 6.07. The minimum absolute atomic E-state index is 0.174. The van der Waals surface area contributed by atoms with Crippen LogP contribution in [0.2, 0.25) is 0 Å². The van der Waals surface area contributed by atoms with Crippen LogP contribution in [0.5, 0.6) is 0 Å². The van der Waals surface area contributed by atoms with E-state index in [-0.39, 0.29) is 12.0 Å². The van der Waals surface area contributed by atoms with Crippen LogP contribution >= 0.6 is 0 Å². The molecule has 0 radical (unpaired) electrons. The van der Waals surface area contributed by atoms with E-state index in [4.69, 9.17) is 4.74 Å². The highest BCUT2D eigenvalue weighted by molar-refractivity contribution is 5.80. The fourth-order valence-electron chi connectivity index (χ4n) is 2.64. The van der Waals surface area contributed by atoms with Crippen LogP contribution < -0.4 is 5.32 Å². The lowest BCUT2D eigenvalue weighted by molar-refractivity contribution is -0.149. The van der Waals surface area contributed by atoms with E-state index in [2.05, 4.69) is 38.0 Å². The Morgan fingerprint density at radius 1 is 1.44 bits per heavy atom. The summed E-state index contributed by atoms with van der Waals surface area (Å²) in [5.74, 6) is -0.174. The van der Waals surface area contributed by atoms with Crippen LogP contribution in [0, 0.1) is 0 Å². The maximum absolute atomic E-state index is 12.0. The van der Waals surface area contributed by atoms with Gasteiger partial charge in [-0.3, -0.25) is 10.1 Å². The monoisotopic (exact) mass is 256 g/mol. The van der Waals surface area contributed by atoms with Crippen molar-refractivity contribution >= 4 is 5.97 Å². The van der Waals surface area contributed by atoms with Crippen LogP contribution in [0.25, 0.3) is 0 Å². The van der Waals surface area contributed by atoms with Crippen LogP contribution in [-0.2, 0) is 9.53 Å². The van der Waals surface area contributed by atoms with Crippen molar-refractivity contribution < 1.29 is 9.53 Å². The molecule has 1 rings (SSSR count). The molecule has 0 saturated heterocycles. The number of methoxy groups -OCH3 is 1. The molecule has 0 aromatic carbocycles. The van der Waals surface area contributed by atoms with Crippen molar-refractivity contribution in [3.63, 3.8) is 0 Å². The number of hydrogen-bond donors (Lipinski definition) is 1. The van der Waals surface area contributed by atoms with Gasteiger partial charge in [0.05, 0.1) is 7.11 Å². The molecule has 1 aliphatic rings. The summed E-state index contributed by atoms with van der Waals surface area (Å²) < 4.78 is 4.95. The highest BCUT2D eigenvalue weighted by Gasteiger charge is 2.39. The van der Waals surface area contributed by atoms with Crippen LogP contribution in [0.1, 0.15) is 47.0 Å². The van der Waals surface area contributed by atoms with E-state index in [1.807, 2.05) is 6.92 Å². The molecule has 0 heterocycles. The van der Waals surface area contributed by atoms with Crippen LogP contribution in [0.4, 0.5) is 0 Å². The van der Waals surface area contributed by atoms with Gasteiger partial charge in [-0.25, -0.2) is 0 Å². The maximum Gasteiger partial charge on any atom is 0.325 e. The van der Waals surface area contributed by atoms with Crippen molar-refractivity contribution in [2.75, 3.05) is 14.2 Å². The molecule has 0 amide bonds. The molecule has 1 fully saturated rings. The Labute approximate surface area is 111 Å². The van der Waals surface area contributed by atoms with Crippen LogP contribution in [0.3, 0.4) is 0 Å². The number of ether oxygens (including phenoxy) is 1. The zero-order chi connectivity index (χ0) is 13.9. The minimum Gasteiger partial charge on any atom is -0.468 e. The van der Waals surface area contributed by atoms with Gasteiger partial charge >= 0.3 is 5.97 Å². The Balaban J connectivity index is 2.67. The fraction of sp³-hybridized carbons (Fsp3) is 0.929. The number of carbonyl (C=O) groups excluding carboxylic acids is 1. The number of esters is 1. The highest BCUT2D eigenvalue weighted by Crippen LogP contribution is 2.29. The SMILES string of the molecule is COC(=O)C(C)(CC(C)N(C)C1CC1)NC(C)C. The predicted octanol–water partition coefficient (Wildman–Crippen LogP) is 1.79. The van der Waals surface area contributed by atoms with Gasteiger partial charge in [0.15, 0.2) is 0 Å². The average molecular weight is 256 g/mol. The quantitative estimate of drug-likeness (QED) is 0.705. The van der Waals surface area contributed by atoms with E-state index in [0.717, 1.165) is 6.42 Å². The molecule has 0 bridgehead atoms. The Morgan fingerprint density at radius 2 is 2.00 bits per heavy atom. The van der Waals surface area contributed by atoms with E-state index in [1.165, 1.54) is 20.0 Å². The molecule has 1 saturated carbocycles. The van der Waals surface area contributed by atoms with Gasteiger partial charge in [0, 0.05) is 18.1 Å². The molecule has 4 nitrogen and oxygen atoms in total. The molecule has 2 unspecified atom stereocenters. The lowest BCUT2D eigenvalue weighted by atomic mass is 9.92. The van der Waals surface area contributed by atoms with E-state index >= 15 is 0 Å². The molecule has 0 aromatic rings. The van der Waals surface area contributed by atoms with Gasteiger partial charge in [0.25, 0.3) is 0 Å². The first-order valence-corrected chi connectivity index (χ1v) is 6.88. The van der Waals surface area contributed by atoms with E-state index in [9.17, 15) is 4.79 Å². The lowest BCUT2D eigenvalue weighted by Crippen LogP contribution is -2.56. The van der Waals surface area contributed by atoms with Crippen molar-refractivity contribution in [1.29, 1.82) is 0 Å². The average Bonchev–Trinajstić information content (AvgIpc) is 3.09. The Bertz CT molecular complexity index is 290. The van der Waals surface area contributed by atoms with Gasteiger partial charge in [0.1, 0.15) is 5.54 Å². The van der Waals surface area contributed by atoms with Crippen molar-refractivity contribution in [3.8, 4) is 0 Å². The molecule has 0 spiro atoms. The molecule has 2 atom stereocenters. The molecule has 1 aliphatic carbocycles. The summed E-state index contributed by atoms with van der Waals surface area (Å²) in [6.07, 6.45) is 3.34. The molecular weight excluding hydrogens is 228 g/mol. The summed E-state index contributed by atoms with van der Waals surface area (Å²) >= 11 is 0. The fourth-order valence-corrected chi connectivity index (χ4v) is 2.64. The lowest BCUT2D eigenvalue weighted by Gasteiger charge is -2.35. The molecule has 18 heavy (non-hydrogen) atoms. The molecule has 106 valence electrons. The molecule has 0 aliphatic heterocycles. The normalized spacial score (nSPS) is 20.9. The van der Waals surface area contributed by atoms with Crippen molar-refractivity contribution in [1.82, 2.24) is 10.2 Å². The van der Waals surface area contributed by atoms with Gasteiger partial charge in [-0.15, -0.1) is 0 Å². The number of nitrogens with one attached hydrogen (secondary N) is 1. The molecule has 0 aromatic heterocycles. The van der Waals surface area contributed by atoms with E-state index in [0.29, 0.717) is 12.1 Å². The van der Waals surface area contributed by atoms with Crippen LogP contribution in [0.15, 0.2) is 0 Å². The molecule has 4 heteroatoms. The largest absolute Gasteiger partial charge is 0.468 e. The Morgan fingerprint density at radius 3 is 2.39 bits per heavy atom. The Hall–Kier alpha value is -0.610. The van der Waals surface area contributed by atoms with Gasteiger partial charge in [-0.2, -0.15) is 0 Å². The molecule has 1 N–H and O–H groups in total. The Kier molecular flexibility index (Phi) is 5.17. The first kappa shape index (κ1) is 15.4. The van der Waals surface area contributed by atoms with Gasteiger partial charge in [-0.1, -0.05) is 0 Å². The second-order valence-corrected chi connectivity index (χ2v) is 6.07. The number of carbonyl (C=O) groups is 1. The minimum atomic E-state index is -0.606. The maximum atomic E-state index is 12.0. The predicted molar refractivity (Wildman–Crippen MR) is 73.6 cm³/mol. The summed E-state index contributed by atoms with van der Waals surface area (Å²) in [5.41, 5.74) is -0.606. The van der Waals surface area contributed by atoms with Gasteiger partial charge in [0.2, 0.25) is 0 Å². The molecular formula is C14H28N2O2. The second kappa shape index (κ2) is 6.02. The third-order valence-corrected chi connectivity index (χ3v) is 3.76. The third-order valence-electron chi connectivity index (χ3n) is 3.76. The summed E-state index contributed by atoms with van der Waals surface area (Å²) in [6.45, 7) is 8.23. The standard InChI is InChI=1S/C14H28N2O2/c1-10(2)15-14(4,13(17)18-6)9-11(3)16(5)12-7-8-12/h10-12,15H,7-9H2,1-6H3. The first-order valence-electron chi connectivity index (χ1n) is 6.88. The van der Waals surface area contributed by atoms with Gasteiger partial charge < -0.3 is 9.64 Å². The summed E-state index contributed by atoms with van der Waals surface area (Å²) in [7, 11) is 3.60. The van der Waals surface area contributed by atoms with Crippen LogP contribution in [-0.4, -0.2) is 48.7 Å². The smallest absolute Gasteiger partial charge is 0.325 e. The summed E-state index contributed by atoms with van der Waals surface area (Å²) in [6, 6.07) is 1.33. The summed E-state index contributed by atoms with van der Waals surface area (Å²) in [5, 5.41) is 3.35. The number of nitrogens with zero attached hydrogens (tertiary/aromatic N) is 1. The van der Waals surface area contributed by atoms with E-state index < -0.39 is 5.54 Å². The number of rotatable bonds is 7. The van der Waals surface area contributed by atoms with Crippen molar-refractivity contribution in [2.24, 2.45) is 0 Å². The number of hydrogen-bond acceptors (Lipinski definition) is 4. The van der Waals surface area contributed by atoms with Crippen molar-refractivity contribution in [3.05, 3.63) is 0 Å². The topological polar surface area (TPSA) is 41.6 Å².